The first-order valence-electron chi connectivity index (χ1n) is 8.05. The Kier molecular flexibility index (Phi) is 5.20. The Bertz CT molecular complexity index is 969. The van der Waals surface area contributed by atoms with Crippen LogP contribution in [0.25, 0.3) is 0 Å². The molecule has 0 unspecified atom stereocenters. The second-order valence-electron chi connectivity index (χ2n) is 5.48. The van der Waals surface area contributed by atoms with Gasteiger partial charge in [-0.25, -0.2) is 18.7 Å². The summed E-state index contributed by atoms with van der Waals surface area (Å²) < 4.78 is 27.0. The van der Waals surface area contributed by atoms with Gasteiger partial charge in [-0.3, -0.25) is 10.1 Å². The first-order chi connectivity index (χ1) is 13.0. The molecule has 3 rings (SSSR count). The Balaban J connectivity index is 2.08. The summed E-state index contributed by atoms with van der Waals surface area (Å²) in [5.74, 6) is -1.77. The SMILES string of the molecule is CCN(c1ccccc1)c1ncnc(Nc2ccc(F)cc2F)c1[N+](=O)[O-]. The van der Waals surface area contributed by atoms with E-state index in [0.29, 0.717) is 18.3 Å². The van der Waals surface area contributed by atoms with Crippen LogP contribution in [0, 0.1) is 21.7 Å². The van der Waals surface area contributed by atoms with Gasteiger partial charge in [0.1, 0.15) is 18.0 Å². The predicted molar refractivity (Wildman–Crippen MR) is 97.4 cm³/mol. The molecule has 27 heavy (non-hydrogen) atoms. The smallest absolute Gasteiger partial charge is 0.332 e. The number of rotatable bonds is 6. The molecule has 0 amide bonds. The number of nitrogens with zero attached hydrogens (tertiary/aromatic N) is 4. The van der Waals surface area contributed by atoms with Crippen molar-refractivity contribution in [2.45, 2.75) is 6.92 Å². The maximum absolute atomic E-state index is 13.9. The molecule has 1 heterocycles. The third-order valence-corrected chi connectivity index (χ3v) is 3.81. The van der Waals surface area contributed by atoms with Gasteiger partial charge in [-0.1, -0.05) is 18.2 Å². The molecule has 0 radical (unpaired) electrons. The number of hydrogen-bond acceptors (Lipinski definition) is 6. The molecule has 3 aromatic rings. The van der Waals surface area contributed by atoms with Crippen LogP contribution in [0.15, 0.2) is 54.9 Å². The molecule has 0 atom stereocenters. The molecule has 0 saturated heterocycles. The van der Waals surface area contributed by atoms with Crippen molar-refractivity contribution >= 4 is 28.7 Å². The molecule has 0 spiro atoms. The monoisotopic (exact) mass is 371 g/mol. The average Bonchev–Trinajstić information content (AvgIpc) is 2.65. The van der Waals surface area contributed by atoms with E-state index in [1.165, 1.54) is 0 Å². The van der Waals surface area contributed by atoms with Crippen LogP contribution in [0.2, 0.25) is 0 Å². The van der Waals surface area contributed by atoms with Crippen LogP contribution in [0.4, 0.5) is 37.5 Å². The number of nitro groups is 1. The van der Waals surface area contributed by atoms with Gasteiger partial charge in [0.15, 0.2) is 0 Å². The lowest BCUT2D eigenvalue weighted by Crippen LogP contribution is -2.19. The summed E-state index contributed by atoms with van der Waals surface area (Å²) in [4.78, 5) is 20.7. The minimum Gasteiger partial charge on any atom is -0.332 e. The van der Waals surface area contributed by atoms with Crippen molar-refractivity contribution < 1.29 is 13.7 Å². The number of benzene rings is 2. The van der Waals surface area contributed by atoms with Crippen molar-refractivity contribution in [2.24, 2.45) is 0 Å². The highest BCUT2D eigenvalue weighted by molar-refractivity contribution is 5.78. The topological polar surface area (TPSA) is 84.2 Å². The lowest BCUT2D eigenvalue weighted by molar-refractivity contribution is -0.383. The number of nitrogens with one attached hydrogen (secondary N) is 1. The Labute approximate surface area is 153 Å². The molecule has 0 aliphatic carbocycles. The summed E-state index contributed by atoms with van der Waals surface area (Å²) in [6.45, 7) is 2.23. The van der Waals surface area contributed by atoms with E-state index in [2.05, 4.69) is 15.3 Å². The van der Waals surface area contributed by atoms with E-state index < -0.39 is 22.2 Å². The zero-order chi connectivity index (χ0) is 19.4. The van der Waals surface area contributed by atoms with Gasteiger partial charge in [-0.05, 0) is 31.2 Å². The third kappa shape index (κ3) is 3.81. The van der Waals surface area contributed by atoms with Crippen LogP contribution in [0.5, 0.6) is 0 Å². The second-order valence-corrected chi connectivity index (χ2v) is 5.48. The van der Waals surface area contributed by atoms with Crippen LogP contribution in [-0.4, -0.2) is 21.4 Å². The zero-order valence-corrected chi connectivity index (χ0v) is 14.3. The number of anilines is 4. The molecule has 0 bridgehead atoms. The van der Waals surface area contributed by atoms with E-state index in [1.807, 2.05) is 13.0 Å². The summed E-state index contributed by atoms with van der Waals surface area (Å²) in [7, 11) is 0. The van der Waals surface area contributed by atoms with E-state index in [-0.39, 0.29) is 17.3 Å². The fourth-order valence-corrected chi connectivity index (χ4v) is 2.61. The summed E-state index contributed by atoms with van der Waals surface area (Å²) in [6.07, 6.45) is 1.15. The standard InChI is InChI=1S/C18H15F2N5O2/c1-2-24(13-6-4-3-5-7-13)18-16(25(26)27)17(21-11-22-18)23-15-9-8-12(19)10-14(15)20/h3-11H,2H2,1H3,(H,21,22,23). The molecule has 7 nitrogen and oxygen atoms in total. The van der Waals surface area contributed by atoms with Crippen LogP contribution in [-0.2, 0) is 0 Å². The minimum absolute atomic E-state index is 0.0636. The van der Waals surface area contributed by atoms with Gasteiger partial charge in [0.25, 0.3) is 0 Å². The fraction of sp³-hybridized carbons (Fsp3) is 0.111. The number of para-hydroxylation sites is 1. The summed E-state index contributed by atoms with van der Waals surface area (Å²) >= 11 is 0. The van der Waals surface area contributed by atoms with Crippen molar-refractivity contribution in [3.63, 3.8) is 0 Å². The van der Waals surface area contributed by atoms with E-state index in [0.717, 1.165) is 18.5 Å². The Hall–Kier alpha value is -3.62. The lowest BCUT2D eigenvalue weighted by Gasteiger charge is -2.22. The van der Waals surface area contributed by atoms with Crippen molar-refractivity contribution in [1.29, 1.82) is 0 Å². The van der Waals surface area contributed by atoms with Gasteiger partial charge in [-0.2, -0.15) is 0 Å². The molecule has 2 aromatic carbocycles. The van der Waals surface area contributed by atoms with E-state index >= 15 is 0 Å². The molecular weight excluding hydrogens is 356 g/mol. The third-order valence-electron chi connectivity index (χ3n) is 3.81. The van der Waals surface area contributed by atoms with Gasteiger partial charge < -0.3 is 10.2 Å². The van der Waals surface area contributed by atoms with E-state index in [4.69, 9.17) is 0 Å². The van der Waals surface area contributed by atoms with Crippen LogP contribution in [0.3, 0.4) is 0 Å². The average molecular weight is 371 g/mol. The Morgan fingerprint density at radius 3 is 2.52 bits per heavy atom. The van der Waals surface area contributed by atoms with Crippen molar-refractivity contribution in [3.8, 4) is 0 Å². The van der Waals surface area contributed by atoms with Crippen LogP contribution >= 0.6 is 0 Å². The zero-order valence-electron chi connectivity index (χ0n) is 14.3. The summed E-state index contributed by atoms with van der Waals surface area (Å²) in [6, 6.07) is 11.9. The van der Waals surface area contributed by atoms with E-state index in [9.17, 15) is 18.9 Å². The Morgan fingerprint density at radius 1 is 1.15 bits per heavy atom. The first-order valence-corrected chi connectivity index (χ1v) is 8.05. The summed E-state index contributed by atoms with van der Waals surface area (Å²) in [5.41, 5.74) is 0.166. The molecule has 0 aliphatic rings. The molecule has 1 N–H and O–H groups in total. The molecule has 0 saturated carbocycles. The fourth-order valence-electron chi connectivity index (χ4n) is 2.61. The van der Waals surface area contributed by atoms with Crippen LogP contribution < -0.4 is 10.2 Å². The van der Waals surface area contributed by atoms with Crippen LogP contribution in [0.1, 0.15) is 6.92 Å². The highest BCUT2D eigenvalue weighted by Crippen LogP contribution is 2.37. The van der Waals surface area contributed by atoms with E-state index in [1.54, 1.807) is 29.2 Å². The van der Waals surface area contributed by atoms with Gasteiger partial charge in [0.2, 0.25) is 11.6 Å². The van der Waals surface area contributed by atoms with Gasteiger partial charge in [0.05, 0.1) is 10.6 Å². The molecule has 0 aliphatic heterocycles. The maximum atomic E-state index is 13.9. The number of halogens is 2. The molecular formula is C18H15F2N5O2. The largest absolute Gasteiger partial charge is 0.354 e. The van der Waals surface area contributed by atoms with Gasteiger partial charge in [-0.15, -0.1) is 0 Å². The van der Waals surface area contributed by atoms with Crippen molar-refractivity contribution in [3.05, 3.63) is 76.6 Å². The first kappa shape index (κ1) is 18.2. The Morgan fingerprint density at radius 2 is 1.89 bits per heavy atom. The van der Waals surface area contributed by atoms with Gasteiger partial charge in [0, 0.05) is 18.3 Å². The highest BCUT2D eigenvalue weighted by Gasteiger charge is 2.27. The molecule has 0 fully saturated rings. The second kappa shape index (κ2) is 7.73. The quantitative estimate of drug-likeness (QED) is 0.505. The predicted octanol–water partition coefficient (Wildman–Crippen LogP) is 4.56. The number of hydrogen-bond donors (Lipinski definition) is 1. The number of aromatic nitrogens is 2. The molecule has 9 heteroatoms. The molecule has 1 aromatic heterocycles. The maximum Gasteiger partial charge on any atom is 0.354 e. The highest BCUT2D eigenvalue weighted by atomic mass is 19.1. The summed E-state index contributed by atoms with van der Waals surface area (Å²) in [5, 5.41) is 14.3. The minimum atomic E-state index is -0.889. The molecule has 138 valence electrons. The van der Waals surface area contributed by atoms with Crippen molar-refractivity contribution in [1.82, 2.24) is 9.97 Å². The normalized spacial score (nSPS) is 10.5. The van der Waals surface area contributed by atoms with Crippen molar-refractivity contribution in [2.75, 3.05) is 16.8 Å². The lowest BCUT2D eigenvalue weighted by atomic mass is 10.2. The van der Waals surface area contributed by atoms with Gasteiger partial charge >= 0.3 is 5.69 Å².